The van der Waals surface area contributed by atoms with Gasteiger partial charge in [-0.15, -0.1) is 0 Å². The van der Waals surface area contributed by atoms with Gasteiger partial charge in [-0.3, -0.25) is 9.69 Å². The van der Waals surface area contributed by atoms with Crippen molar-refractivity contribution in [3.8, 4) is 0 Å². The van der Waals surface area contributed by atoms with E-state index in [0.717, 1.165) is 55.0 Å². The zero-order valence-corrected chi connectivity index (χ0v) is 18.7. The molecule has 2 spiro atoms. The van der Waals surface area contributed by atoms with Gasteiger partial charge in [-0.05, 0) is 74.0 Å². The van der Waals surface area contributed by atoms with Crippen LogP contribution in [0.25, 0.3) is 0 Å². The molecule has 1 saturated carbocycles. The van der Waals surface area contributed by atoms with Gasteiger partial charge in [0.1, 0.15) is 5.82 Å². The largest absolute Gasteiger partial charge is 0.378 e. The monoisotopic (exact) mass is 418 g/mol. The number of amides is 1. The van der Waals surface area contributed by atoms with Gasteiger partial charge in [0.2, 0.25) is 0 Å². The lowest BCUT2D eigenvalue weighted by Crippen LogP contribution is -2.51. The van der Waals surface area contributed by atoms with Gasteiger partial charge < -0.3 is 4.74 Å². The topological polar surface area (TPSA) is 41.9 Å². The molecule has 6 heteroatoms. The molecule has 1 heterocycles. The Morgan fingerprint density at radius 3 is 2.69 bits per heavy atom. The molecule has 1 aromatic carbocycles. The predicted octanol–water partition coefficient (Wildman–Crippen LogP) is 4.76. The molecule has 2 aliphatic carbocycles. The summed E-state index contributed by atoms with van der Waals surface area (Å²) < 4.78 is 20.2. The van der Waals surface area contributed by atoms with Crippen LogP contribution in [0.15, 0.2) is 23.2 Å². The predicted molar refractivity (Wildman–Crippen MR) is 116 cm³/mol. The van der Waals surface area contributed by atoms with Crippen LogP contribution < -0.4 is 0 Å². The van der Waals surface area contributed by atoms with Gasteiger partial charge in [-0.2, -0.15) is 0 Å². The molecule has 1 atom stereocenters. The maximum absolute atomic E-state index is 14.0. The molecule has 29 heavy (non-hydrogen) atoms. The molecule has 0 saturated heterocycles. The standard InChI is InChI=1S/C23H31FN2O2S/c1-15(2)9-12-28-18-7-10-22(11-8-18)14-16-13-17(24)5-6-19(16)23(22)20(27)26(3)21(25-23)29-4/h5-6,13,15,18H,7-12,14H2,1-4H3. The molecule has 0 aromatic heterocycles. The maximum atomic E-state index is 14.0. The molecule has 0 N–H and O–H groups in total. The van der Waals surface area contributed by atoms with Crippen molar-refractivity contribution in [2.45, 2.75) is 64.0 Å². The number of rotatable bonds is 4. The van der Waals surface area contributed by atoms with Crippen molar-refractivity contribution in [2.75, 3.05) is 19.9 Å². The Morgan fingerprint density at radius 1 is 1.34 bits per heavy atom. The van der Waals surface area contributed by atoms with Crippen molar-refractivity contribution >= 4 is 22.8 Å². The minimum atomic E-state index is -0.911. The molecule has 0 bridgehead atoms. The number of hydrogen-bond donors (Lipinski definition) is 0. The zero-order chi connectivity index (χ0) is 20.8. The summed E-state index contributed by atoms with van der Waals surface area (Å²) in [7, 11) is 1.81. The van der Waals surface area contributed by atoms with E-state index in [4.69, 9.17) is 9.73 Å². The molecule has 1 fully saturated rings. The van der Waals surface area contributed by atoms with Gasteiger partial charge in [-0.1, -0.05) is 31.7 Å². The third kappa shape index (κ3) is 3.23. The lowest BCUT2D eigenvalue weighted by Gasteiger charge is -2.45. The first-order valence-electron chi connectivity index (χ1n) is 10.7. The molecule has 1 amide bonds. The highest BCUT2D eigenvalue weighted by Gasteiger charge is 2.66. The first-order valence-corrected chi connectivity index (χ1v) is 11.9. The summed E-state index contributed by atoms with van der Waals surface area (Å²) in [5.41, 5.74) is 0.645. The van der Waals surface area contributed by atoms with E-state index in [-0.39, 0.29) is 23.2 Å². The van der Waals surface area contributed by atoms with Crippen LogP contribution in [0.4, 0.5) is 4.39 Å². The van der Waals surface area contributed by atoms with Gasteiger partial charge in [0, 0.05) is 19.1 Å². The second-order valence-corrected chi connectivity index (χ2v) is 9.96. The van der Waals surface area contributed by atoms with Crippen molar-refractivity contribution in [2.24, 2.45) is 16.3 Å². The second kappa shape index (κ2) is 7.69. The number of carbonyl (C=O) groups excluding carboxylic acids is 1. The number of aliphatic imine (C=N–C) groups is 1. The number of amidine groups is 1. The molecule has 0 radical (unpaired) electrons. The first-order chi connectivity index (χ1) is 13.8. The van der Waals surface area contributed by atoms with E-state index in [1.807, 2.05) is 13.3 Å². The van der Waals surface area contributed by atoms with Crippen LogP contribution in [-0.2, 0) is 21.5 Å². The van der Waals surface area contributed by atoms with E-state index in [9.17, 15) is 9.18 Å². The number of nitrogens with zero attached hydrogens (tertiary/aromatic N) is 2. The summed E-state index contributed by atoms with van der Waals surface area (Å²) in [6, 6.07) is 4.88. The minimum absolute atomic E-state index is 0.0337. The number of hydrogen-bond acceptors (Lipinski definition) is 4. The Labute approximate surface area is 177 Å². The highest BCUT2D eigenvalue weighted by molar-refractivity contribution is 8.13. The summed E-state index contributed by atoms with van der Waals surface area (Å²) in [4.78, 5) is 20.4. The Hall–Kier alpha value is -1.40. The summed E-state index contributed by atoms with van der Waals surface area (Å²) in [5, 5.41) is 0.752. The Bertz CT molecular complexity index is 832. The normalized spacial score (nSPS) is 31.2. The molecular weight excluding hydrogens is 387 g/mol. The quantitative estimate of drug-likeness (QED) is 0.708. The fourth-order valence-electron chi connectivity index (χ4n) is 5.46. The third-order valence-electron chi connectivity index (χ3n) is 7.04. The number of likely N-dealkylation sites (N-methyl/N-ethyl adjacent to an activating group) is 1. The van der Waals surface area contributed by atoms with E-state index < -0.39 is 5.54 Å². The van der Waals surface area contributed by atoms with Gasteiger partial charge in [-0.25, -0.2) is 9.38 Å². The molecule has 1 unspecified atom stereocenters. The van der Waals surface area contributed by atoms with Crippen molar-refractivity contribution in [1.29, 1.82) is 0 Å². The van der Waals surface area contributed by atoms with E-state index in [2.05, 4.69) is 13.8 Å². The lowest BCUT2D eigenvalue weighted by molar-refractivity contribution is -0.137. The molecule has 1 aliphatic heterocycles. The Balaban J connectivity index is 1.66. The maximum Gasteiger partial charge on any atom is 0.261 e. The fourth-order valence-corrected chi connectivity index (χ4v) is 6.04. The van der Waals surface area contributed by atoms with E-state index in [1.54, 1.807) is 17.0 Å². The second-order valence-electron chi connectivity index (χ2n) is 9.18. The molecule has 3 aliphatic rings. The molecule has 4 rings (SSSR count). The van der Waals surface area contributed by atoms with Crippen LogP contribution in [0.2, 0.25) is 0 Å². The van der Waals surface area contributed by atoms with Crippen LogP contribution in [0.3, 0.4) is 0 Å². The number of fused-ring (bicyclic) bond motifs is 3. The average molecular weight is 419 g/mol. The molecule has 4 nitrogen and oxygen atoms in total. The number of thioether (sulfide) groups is 1. The van der Waals surface area contributed by atoms with Crippen LogP contribution in [0.5, 0.6) is 0 Å². The van der Waals surface area contributed by atoms with E-state index in [0.29, 0.717) is 12.3 Å². The number of ether oxygens (including phenoxy) is 1. The highest BCUT2D eigenvalue weighted by Crippen LogP contribution is 2.62. The Morgan fingerprint density at radius 2 is 2.07 bits per heavy atom. The molecule has 1 aromatic rings. The smallest absolute Gasteiger partial charge is 0.261 e. The minimum Gasteiger partial charge on any atom is -0.378 e. The van der Waals surface area contributed by atoms with Crippen LogP contribution in [0.1, 0.15) is 57.1 Å². The third-order valence-corrected chi connectivity index (χ3v) is 7.77. The zero-order valence-electron chi connectivity index (χ0n) is 17.8. The van der Waals surface area contributed by atoms with Crippen LogP contribution >= 0.6 is 11.8 Å². The fraction of sp³-hybridized carbons (Fsp3) is 0.652. The Kier molecular flexibility index (Phi) is 5.53. The molecular formula is C23H31FN2O2S. The summed E-state index contributed by atoms with van der Waals surface area (Å²) >= 11 is 1.50. The van der Waals surface area contributed by atoms with Crippen molar-refractivity contribution in [1.82, 2.24) is 4.90 Å². The van der Waals surface area contributed by atoms with E-state index in [1.165, 1.54) is 17.8 Å². The summed E-state index contributed by atoms with van der Waals surface area (Å²) in [6.07, 6.45) is 7.59. The van der Waals surface area contributed by atoms with Crippen LogP contribution in [0, 0.1) is 17.2 Å². The van der Waals surface area contributed by atoms with Crippen LogP contribution in [-0.4, -0.2) is 42.0 Å². The van der Waals surface area contributed by atoms with Crippen molar-refractivity contribution < 1.29 is 13.9 Å². The van der Waals surface area contributed by atoms with Crippen molar-refractivity contribution in [3.63, 3.8) is 0 Å². The van der Waals surface area contributed by atoms with Crippen molar-refractivity contribution in [3.05, 3.63) is 35.1 Å². The van der Waals surface area contributed by atoms with Gasteiger partial charge in [0.15, 0.2) is 10.7 Å². The SMILES string of the molecule is CSC1=NC2(C(=O)N1C)c1ccc(F)cc1CC21CCC(OCCC(C)C)CC1. The van der Waals surface area contributed by atoms with Gasteiger partial charge >= 0.3 is 0 Å². The molecule has 158 valence electrons. The number of halogens is 1. The van der Waals surface area contributed by atoms with E-state index >= 15 is 0 Å². The summed E-state index contributed by atoms with van der Waals surface area (Å²) in [6.45, 7) is 5.21. The number of carbonyl (C=O) groups is 1. The van der Waals surface area contributed by atoms with Gasteiger partial charge in [0.25, 0.3) is 5.91 Å². The highest BCUT2D eigenvalue weighted by atomic mass is 32.2. The first kappa shape index (κ1) is 20.9. The average Bonchev–Trinajstić information content (AvgIpc) is 3.10. The van der Waals surface area contributed by atoms with Gasteiger partial charge in [0.05, 0.1) is 6.10 Å². The number of benzene rings is 1. The lowest BCUT2D eigenvalue weighted by atomic mass is 9.61. The summed E-state index contributed by atoms with van der Waals surface area (Å²) in [5.74, 6) is 0.430.